The summed E-state index contributed by atoms with van der Waals surface area (Å²) in [6.45, 7) is 4.73. The molecule has 1 saturated heterocycles. The second-order valence-corrected chi connectivity index (χ2v) is 14.1. The zero-order valence-electron chi connectivity index (χ0n) is 28.3. The van der Waals surface area contributed by atoms with Gasteiger partial charge in [-0.25, -0.2) is 0 Å². The van der Waals surface area contributed by atoms with E-state index in [-0.39, 0.29) is 22.0 Å². The Balaban J connectivity index is 1.40. The van der Waals surface area contributed by atoms with Crippen LogP contribution >= 0.6 is 23.1 Å². The summed E-state index contributed by atoms with van der Waals surface area (Å²) in [5, 5.41) is 23.0. The van der Waals surface area contributed by atoms with Gasteiger partial charge in [0.15, 0.2) is 27.3 Å². The highest BCUT2D eigenvalue weighted by molar-refractivity contribution is 8.00. The summed E-state index contributed by atoms with van der Waals surface area (Å²) in [5.41, 5.74) is 1.82. The number of nitrogens with zero attached hydrogens (tertiary/aromatic N) is 3. The van der Waals surface area contributed by atoms with E-state index in [1.54, 1.807) is 36.4 Å². The van der Waals surface area contributed by atoms with Crippen LogP contribution in [0.15, 0.2) is 88.8 Å². The first-order valence-corrected chi connectivity index (χ1v) is 17.8. The fraction of sp³-hybridized carbons (Fsp3) is 0.263. The Morgan fingerprint density at radius 1 is 0.880 bits per heavy atom. The highest BCUT2D eigenvalue weighted by Gasteiger charge is 2.48. The minimum Gasteiger partial charge on any atom is -0.507 e. The van der Waals surface area contributed by atoms with Crippen molar-refractivity contribution in [2.24, 2.45) is 5.92 Å². The summed E-state index contributed by atoms with van der Waals surface area (Å²) in [6.07, 6.45) is 0.855. The largest absolute Gasteiger partial charge is 0.507 e. The number of thioether (sulfide) groups is 1. The Hall–Kier alpha value is -5.07. The zero-order chi connectivity index (χ0) is 35.4. The summed E-state index contributed by atoms with van der Waals surface area (Å²) in [6, 6.07) is 23.3. The zero-order valence-corrected chi connectivity index (χ0v) is 30.0. The molecule has 1 atom stereocenters. The predicted molar refractivity (Wildman–Crippen MR) is 196 cm³/mol. The number of aliphatic hydroxyl groups is 1. The van der Waals surface area contributed by atoms with Gasteiger partial charge in [-0.05, 0) is 64.6 Å². The lowest BCUT2D eigenvalue weighted by atomic mass is 9.95. The smallest absolute Gasteiger partial charge is 0.301 e. The third-order valence-corrected chi connectivity index (χ3v) is 10.5. The maximum Gasteiger partial charge on any atom is 0.301 e. The number of Topliss-reactive ketones (excluding diaryl/α,β-unsaturated/α-hetero) is 1. The van der Waals surface area contributed by atoms with E-state index >= 15 is 0 Å². The summed E-state index contributed by atoms with van der Waals surface area (Å²) in [7, 11) is 4.51. The number of benzene rings is 4. The first-order chi connectivity index (χ1) is 24.2. The number of amides is 1. The number of ketones is 1. The van der Waals surface area contributed by atoms with E-state index in [9.17, 15) is 14.7 Å². The molecule has 0 radical (unpaired) electrons. The lowest BCUT2D eigenvalue weighted by molar-refractivity contribution is -0.132. The molecule has 0 saturated carbocycles. The monoisotopic (exact) mass is 711 g/mol. The molecule has 2 heterocycles. The highest BCUT2D eigenvalue weighted by atomic mass is 32.2. The van der Waals surface area contributed by atoms with Gasteiger partial charge in [-0.3, -0.25) is 14.5 Å². The van der Waals surface area contributed by atoms with E-state index in [0.29, 0.717) is 51.2 Å². The van der Waals surface area contributed by atoms with Crippen LogP contribution in [0.25, 0.3) is 16.5 Å². The minimum absolute atomic E-state index is 0.113. The van der Waals surface area contributed by atoms with Crippen molar-refractivity contribution in [3.8, 4) is 23.0 Å². The number of anilines is 1. The quantitative estimate of drug-likeness (QED) is 0.0422. The number of hydrogen-bond donors (Lipinski definition) is 1. The lowest BCUT2D eigenvalue weighted by Gasteiger charge is -2.23. The van der Waals surface area contributed by atoms with Gasteiger partial charge >= 0.3 is 5.91 Å². The number of methoxy groups -OCH3 is 3. The molecule has 0 spiro atoms. The van der Waals surface area contributed by atoms with E-state index in [1.165, 1.54) is 49.3 Å². The third-order valence-electron chi connectivity index (χ3n) is 8.39. The maximum absolute atomic E-state index is 13.9. The maximum atomic E-state index is 13.9. The van der Waals surface area contributed by atoms with Crippen LogP contribution in [0, 0.1) is 5.92 Å². The van der Waals surface area contributed by atoms with Crippen LogP contribution in [0.3, 0.4) is 0 Å². The Labute approximate surface area is 298 Å². The van der Waals surface area contributed by atoms with Crippen molar-refractivity contribution in [2.75, 3.05) is 32.8 Å². The second-order valence-electron chi connectivity index (χ2n) is 12.0. The molecular weight excluding hydrogens is 675 g/mol. The van der Waals surface area contributed by atoms with Gasteiger partial charge in [0.1, 0.15) is 5.76 Å². The molecular formula is C38H37N3O7S2. The topological polar surface area (TPSA) is 120 Å². The number of aromatic nitrogens is 2. The van der Waals surface area contributed by atoms with Gasteiger partial charge in [0.25, 0.3) is 5.78 Å². The summed E-state index contributed by atoms with van der Waals surface area (Å²) in [5.74, 6) is 0.760. The van der Waals surface area contributed by atoms with Crippen LogP contribution in [0.5, 0.6) is 23.0 Å². The average Bonchev–Trinajstić information content (AvgIpc) is 3.71. The van der Waals surface area contributed by atoms with Crippen LogP contribution in [0.1, 0.15) is 43.0 Å². The predicted octanol–water partition coefficient (Wildman–Crippen LogP) is 8.06. The van der Waals surface area contributed by atoms with Gasteiger partial charge in [0, 0.05) is 11.3 Å². The summed E-state index contributed by atoms with van der Waals surface area (Å²) in [4.78, 5) is 29.0. The normalized spacial score (nSPS) is 15.6. The molecule has 258 valence electrons. The Kier molecular flexibility index (Phi) is 10.6. The third kappa shape index (κ3) is 6.99. The fourth-order valence-corrected chi connectivity index (χ4v) is 7.65. The Morgan fingerprint density at radius 2 is 1.60 bits per heavy atom. The number of aliphatic hydroxyl groups excluding tert-OH is 1. The van der Waals surface area contributed by atoms with Gasteiger partial charge in [-0.2, -0.15) is 0 Å². The molecule has 50 heavy (non-hydrogen) atoms. The molecule has 1 aliphatic rings. The number of rotatable bonds is 13. The van der Waals surface area contributed by atoms with Crippen molar-refractivity contribution < 1.29 is 33.6 Å². The fourth-order valence-electron chi connectivity index (χ4n) is 5.78. The van der Waals surface area contributed by atoms with E-state index in [1.807, 2.05) is 18.2 Å². The van der Waals surface area contributed by atoms with Crippen molar-refractivity contribution in [3.63, 3.8) is 0 Å². The Morgan fingerprint density at radius 3 is 2.36 bits per heavy atom. The molecule has 1 fully saturated rings. The highest BCUT2D eigenvalue weighted by Crippen LogP contribution is 2.46. The van der Waals surface area contributed by atoms with E-state index in [2.05, 4.69) is 48.3 Å². The lowest BCUT2D eigenvalue weighted by Crippen LogP contribution is -2.29. The molecule has 4 aromatic carbocycles. The summed E-state index contributed by atoms with van der Waals surface area (Å²) >= 11 is 2.70. The van der Waals surface area contributed by atoms with Gasteiger partial charge in [0.05, 0.1) is 39.6 Å². The summed E-state index contributed by atoms with van der Waals surface area (Å²) < 4.78 is 23.1. The SMILES string of the molecule is COc1ccc(C(O)=C2C(=O)C(=O)N(c3nnc(SCc4cccc5ccccc45)s3)C2c2ccc(OCCC(C)C)c(OC)c2)cc1OC. The molecule has 1 N–H and O–H groups in total. The van der Waals surface area contributed by atoms with Crippen LogP contribution in [-0.2, 0) is 15.3 Å². The first kappa shape index (κ1) is 34.8. The molecule has 0 aliphatic carbocycles. The Bertz CT molecular complexity index is 2070. The van der Waals surface area contributed by atoms with Crippen molar-refractivity contribution in [1.82, 2.24) is 10.2 Å². The van der Waals surface area contributed by atoms with Gasteiger partial charge in [-0.1, -0.05) is 85.5 Å². The molecule has 5 aromatic rings. The molecule has 1 aromatic heterocycles. The van der Waals surface area contributed by atoms with Crippen molar-refractivity contribution in [2.45, 2.75) is 36.4 Å². The molecule has 0 bridgehead atoms. The number of hydrogen-bond acceptors (Lipinski definition) is 11. The molecule has 1 amide bonds. The van der Waals surface area contributed by atoms with Crippen LogP contribution in [-0.4, -0.2) is 54.9 Å². The van der Waals surface area contributed by atoms with Crippen molar-refractivity contribution >= 4 is 56.5 Å². The number of fused-ring (bicyclic) bond motifs is 1. The van der Waals surface area contributed by atoms with Crippen molar-refractivity contribution in [1.29, 1.82) is 0 Å². The number of carbonyl (C=O) groups excluding carboxylic acids is 2. The van der Waals surface area contributed by atoms with E-state index in [4.69, 9.17) is 18.9 Å². The average molecular weight is 712 g/mol. The molecule has 10 nitrogen and oxygen atoms in total. The standard InChI is InChI=1S/C38H37N3O7S2/c1-22(2)17-18-48-29-16-13-24(19-31(29)47-5)33-32(34(42)25-14-15-28(45-3)30(20-25)46-4)35(43)36(44)41(33)37-39-40-38(50-37)49-21-26-11-8-10-23-9-6-7-12-27(23)26/h6-16,19-20,22,33,42H,17-18,21H2,1-5H3. The first-order valence-electron chi connectivity index (χ1n) is 16.0. The van der Waals surface area contributed by atoms with Crippen LogP contribution in [0.4, 0.5) is 5.13 Å². The van der Waals surface area contributed by atoms with Crippen LogP contribution in [0.2, 0.25) is 0 Å². The molecule has 1 aliphatic heterocycles. The van der Waals surface area contributed by atoms with Crippen molar-refractivity contribution in [3.05, 3.63) is 101 Å². The number of carbonyl (C=O) groups is 2. The molecule has 12 heteroatoms. The van der Waals surface area contributed by atoms with Gasteiger partial charge in [-0.15, -0.1) is 10.2 Å². The molecule has 1 unspecified atom stereocenters. The van der Waals surface area contributed by atoms with Gasteiger partial charge < -0.3 is 24.1 Å². The van der Waals surface area contributed by atoms with E-state index < -0.39 is 17.7 Å². The molecule has 6 rings (SSSR count). The second kappa shape index (κ2) is 15.2. The van der Waals surface area contributed by atoms with Crippen LogP contribution < -0.4 is 23.8 Å². The minimum atomic E-state index is -1.05. The van der Waals surface area contributed by atoms with Gasteiger partial charge in [0.2, 0.25) is 5.13 Å². The number of ether oxygens (including phenoxy) is 4. The van der Waals surface area contributed by atoms with E-state index in [0.717, 1.165) is 22.8 Å².